The molecule has 53 heavy (non-hydrogen) atoms. The number of hydrogen-bond donors (Lipinski definition) is 2. The second-order valence-corrected chi connectivity index (χ2v) is 12.3. The Labute approximate surface area is 297 Å². The number of H-pyrrole nitrogens is 1. The highest BCUT2D eigenvalue weighted by atomic mass is 19.4. The van der Waals surface area contributed by atoms with E-state index >= 15 is 0 Å². The highest BCUT2D eigenvalue weighted by Crippen LogP contribution is 2.36. The van der Waals surface area contributed by atoms with Gasteiger partial charge in [0.2, 0.25) is 5.91 Å². The number of benzene rings is 4. The van der Waals surface area contributed by atoms with Gasteiger partial charge in [0.15, 0.2) is 11.6 Å². The summed E-state index contributed by atoms with van der Waals surface area (Å²) in [6.07, 6.45) is -6.29. The summed E-state index contributed by atoms with van der Waals surface area (Å²) < 4.78 is 85.3. The SMILES string of the molecule is O=C(c1ccccc1C(F)(F)F)C1CNC(Cc2c[nH]c3ccccc23)C(C(=O)c2ccccc2C(F)(F)F)N1C(=O)/C=C/c1ccc([N+](=O)[O-])cc1. The molecular formula is C38H28F6N4O5. The molecule has 272 valence electrons. The van der Waals surface area contributed by atoms with Crippen LogP contribution in [0.5, 0.6) is 0 Å². The molecule has 1 amide bonds. The zero-order valence-electron chi connectivity index (χ0n) is 27.3. The highest BCUT2D eigenvalue weighted by molar-refractivity contribution is 6.09. The van der Waals surface area contributed by atoms with Gasteiger partial charge in [0.25, 0.3) is 5.69 Å². The number of aromatic nitrogens is 1. The van der Waals surface area contributed by atoms with E-state index in [1.807, 2.05) is 0 Å². The summed E-state index contributed by atoms with van der Waals surface area (Å²) >= 11 is 0. The van der Waals surface area contributed by atoms with E-state index in [4.69, 9.17) is 0 Å². The van der Waals surface area contributed by atoms with Gasteiger partial charge in [-0.2, -0.15) is 26.3 Å². The van der Waals surface area contributed by atoms with Crippen LogP contribution in [-0.2, 0) is 23.6 Å². The van der Waals surface area contributed by atoms with Gasteiger partial charge in [-0.05, 0) is 54.0 Å². The van der Waals surface area contributed by atoms with Crippen LogP contribution in [0.4, 0.5) is 32.0 Å². The van der Waals surface area contributed by atoms with E-state index in [9.17, 15) is 50.8 Å². The number of hydrogen-bond acceptors (Lipinski definition) is 6. The van der Waals surface area contributed by atoms with Gasteiger partial charge >= 0.3 is 12.4 Å². The zero-order valence-corrected chi connectivity index (χ0v) is 27.3. The molecule has 15 heteroatoms. The summed E-state index contributed by atoms with van der Waals surface area (Å²) in [6, 6.07) is 15.0. The Balaban J connectivity index is 1.51. The number of nitro groups is 1. The lowest BCUT2D eigenvalue weighted by atomic mass is 9.84. The van der Waals surface area contributed by atoms with E-state index in [2.05, 4.69) is 10.3 Å². The number of carbonyl (C=O) groups excluding carboxylic acids is 3. The Hall–Kier alpha value is -6.09. The van der Waals surface area contributed by atoms with Gasteiger partial charge in [-0.1, -0.05) is 54.6 Å². The predicted octanol–water partition coefficient (Wildman–Crippen LogP) is 7.67. The number of fused-ring (bicyclic) bond motifs is 1. The Morgan fingerprint density at radius 1 is 0.792 bits per heavy atom. The lowest BCUT2D eigenvalue weighted by Crippen LogP contribution is -2.69. The molecule has 0 spiro atoms. The Morgan fingerprint density at radius 2 is 1.36 bits per heavy atom. The third-order valence-electron chi connectivity index (χ3n) is 9.05. The summed E-state index contributed by atoms with van der Waals surface area (Å²) in [6.45, 7) is -0.458. The number of nitro benzene ring substituents is 1. The van der Waals surface area contributed by atoms with Crippen molar-refractivity contribution in [3.8, 4) is 0 Å². The van der Waals surface area contributed by atoms with Crippen LogP contribution in [0, 0.1) is 10.1 Å². The minimum absolute atomic E-state index is 0.0511. The van der Waals surface area contributed by atoms with Crippen molar-refractivity contribution in [2.24, 2.45) is 0 Å². The third kappa shape index (κ3) is 7.60. The molecule has 1 aromatic heterocycles. The van der Waals surface area contributed by atoms with E-state index in [1.54, 1.807) is 30.5 Å². The maximum atomic E-state index is 14.6. The van der Waals surface area contributed by atoms with Crippen molar-refractivity contribution in [3.63, 3.8) is 0 Å². The quantitative estimate of drug-likeness (QED) is 0.0527. The van der Waals surface area contributed by atoms with Crippen LogP contribution in [0.15, 0.2) is 109 Å². The van der Waals surface area contributed by atoms with Crippen molar-refractivity contribution in [1.29, 1.82) is 0 Å². The van der Waals surface area contributed by atoms with Crippen molar-refractivity contribution in [2.75, 3.05) is 6.54 Å². The van der Waals surface area contributed by atoms with E-state index in [1.165, 1.54) is 30.3 Å². The second-order valence-electron chi connectivity index (χ2n) is 12.3. The number of nitrogens with zero attached hydrogens (tertiary/aromatic N) is 2. The molecule has 2 heterocycles. The largest absolute Gasteiger partial charge is 0.417 e. The number of rotatable bonds is 9. The molecule has 2 N–H and O–H groups in total. The Bertz CT molecular complexity index is 2230. The normalized spacial score (nSPS) is 18.0. The van der Waals surface area contributed by atoms with Crippen LogP contribution < -0.4 is 5.32 Å². The molecule has 1 aliphatic rings. The molecule has 6 rings (SSSR count). The first kappa shape index (κ1) is 36.7. The predicted molar refractivity (Wildman–Crippen MR) is 182 cm³/mol. The highest BCUT2D eigenvalue weighted by Gasteiger charge is 2.49. The molecule has 1 aliphatic heterocycles. The van der Waals surface area contributed by atoms with Gasteiger partial charge in [-0.3, -0.25) is 24.5 Å². The standard InChI is InChI=1S/C38H28F6N4O5/c39-37(40,41)28-10-4-1-8-26(28)35(50)32-21-46-31(19-23-20-45-30-12-6-3-7-25(23)30)34(36(51)27-9-2-5-11-29(27)38(42,43)44)47(32)33(49)18-15-22-13-16-24(17-14-22)48(52)53/h1-18,20,31-32,34,45-46H,19,21H2/b18-15+. The van der Waals surface area contributed by atoms with Crippen LogP contribution in [0.3, 0.4) is 0 Å². The molecule has 9 nitrogen and oxygen atoms in total. The molecule has 4 aromatic carbocycles. The van der Waals surface area contributed by atoms with Crippen molar-refractivity contribution in [3.05, 3.63) is 153 Å². The topological polar surface area (TPSA) is 125 Å². The molecule has 0 radical (unpaired) electrons. The first-order chi connectivity index (χ1) is 25.1. The maximum Gasteiger partial charge on any atom is 0.417 e. The monoisotopic (exact) mass is 734 g/mol. The number of nitrogens with one attached hydrogen (secondary N) is 2. The van der Waals surface area contributed by atoms with Gasteiger partial charge in [-0.25, -0.2) is 0 Å². The number of Topliss-reactive ketones (excluding diaryl/α,β-unsaturated/α-hetero) is 2. The third-order valence-corrected chi connectivity index (χ3v) is 9.05. The summed E-state index contributed by atoms with van der Waals surface area (Å²) in [5, 5.41) is 14.8. The lowest BCUT2D eigenvalue weighted by Gasteiger charge is -2.45. The molecule has 3 atom stereocenters. The smallest absolute Gasteiger partial charge is 0.361 e. The van der Waals surface area contributed by atoms with Crippen molar-refractivity contribution >= 4 is 40.1 Å². The fourth-order valence-corrected chi connectivity index (χ4v) is 6.59. The van der Waals surface area contributed by atoms with Crippen LogP contribution in [-0.4, -0.2) is 57.0 Å². The Morgan fingerprint density at radius 3 is 1.96 bits per heavy atom. The van der Waals surface area contributed by atoms with Crippen LogP contribution in [0.1, 0.15) is 43.0 Å². The first-order valence-electron chi connectivity index (χ1n) is 16.1. The molecular weight excluding hydrogens is 706 g/mol. The number of ketones is 2. The van der Waals surface area contributed by atoms with E-state index in [-0.39, 0.29) is 17.7 Å². The minimum Gasteiger partial charge on any atom is -0.361 e. The minimum atomic E-state index is -5.01. The van der Waals surface area contributed by atoms with Crippen molar-refractivity contribution in [1.82, 2.24) is 15.2 Å². The second kappa shape index (κ2) is 14.5. The number of piperazine rings is 1. The van der Waals surface area contributed by atoms with Gasteiger partial charge < -0.3 is 15.2 Å². The number of para-hydroxylation sites is 1. The average molecular weight is 735 g/mol. The number of non-ortho nitro benzene ring substituents is 1. The van der Waals surface area contributed by atoms with Crippen molar-refractivity contribution in [2.45, 2.75) is 36.9 Å². The number of carbonyl (C=O) groups is 3. The van der Waals surface area contributed by atoms with E-state index in [0.29, 0.717) is 28.6 Å². The Kier molecular flexibility index (Phi) is 10.0. The fourth-order valence-electron chi connectivity index (χ4n) is 6.59. The number of amides is 1. The van der Waals surface area contributed by atoms with E-state index < -0.39 is 81.7 Å². The molecule has 1 fully saturated rings. The van der Waals surface area contributed by atoms with Crippen LogP contribution in [0.25, 0.3) is 17.0 Å². The van der Waals surface area contributed by atoms with Gasteiger partial charge in [0.05, 0.1) is 16.1 Å². The van der Waals surface area contributed by atoms with Crippen LogP contribution >= 0.6 is 0 Å². The summed E-state index contributed by atoms with van der Waals surface area (Å²) in [5.74, 6) is -3.47. The molecule has 1 saturated heterocycles. The number of alkyl halides is 6. The molecule has 0 bridgehead atoms. The van der Waals surface area contributed by atoms with Gasteiger partial charge in [0.1, 0.15) is 12.1 Å². The lowest BCUT2D eigenvalue weighted by molar-refractivity contribution is -0.384. The molecule has 5 aromatic rings. The summed E-state index contributed by atoms with van der Waals surface area (Å²) in [7, 11) is 0. The average Bonchev–Trinajstić information content (AvgIpc) is 3.55. The molecule has 0 aliphatic carbocycles. The summed E-state index contributed by atoms with van der Waals surface area (Å²) in [4.78, 5) is 57.4. The van der Waals surface area contributed by atoms with Gasteiger partial charge in [0, 0.05) is 59.0 Å². The van der Waals surface area contributed by atoms with Gasteiger partial charge in [-0.15, -0.1) is 0 Å². The fraction of sp³-hybridized carbons (Fsp3) is 0.184. The zero-order chi connectivity index (χ0) is 38.1. The number of halogens is 6. The molecule has 0 saturated carbocycles. The number of aromatic amines is 1. The maximum absolute atomic E-state index is 14.6. The van der Waals surface area contributed by atoms with E-state index in [0.717, 1.165) is 47.4 Å². The van der Waals surface area contributed by atoms with Crippen LogP contribution in [0.2, 0.25) is 0 Å². The van der Waals surface area contributed by atoms with Crippen molar-refractivity contribution < 1.29 is 45.6 Å². The first-order valence-corrected chi connectivity index (χ1v) is 16.1. The summed E-state index contributed by atoms with van der Waals surface area (Å²) in [5.41, 5.74) is -2.88. The molecule has 3 unspecified atom stereocenters.